The highest BCUT2D eigenvalue weighted by molar-refractivity contribution is 7.89. The number of sulfonamides is 1. The van der Waals surface area contributed by atoms with Crippen LogP contribution < -0.4 is 0 Å². The molecule has 0 saturated carbocycles. The number of halogens is 1. The van der Waals surface area contributed by atoms with Crippen LogP contribution >= 0.6 is 11.6 Å². The van der Waals surface area contributed by atoms with E-state index in [1.54, 1.807) is 41.1 Å². The summed E-state index contributed by atoms with van der Waals surface area (Å²) >= 11 is 5.94. The van der Waals surface area contributed by atoms with Crippen molar-refractivity contribution in [3.05, 3.63) is 65.4 Å². The third kappa shape index (κ3) is 3.93. The third-order valence-electron chi connectivity index (χ3n) is 4.68. The number of rotatable bonds is 5. The van der Waals surface area contributed by atoms with Crippen LogP contribution in [-0.2, 0) is 16.6 Å². The normalized spacial score (nSPS) is 16.3. The van der Waals surface area contributed by atoms with Gasteiger partial charge in [0.05, 0.1) is 17.1 Å². The smallest absolute Gasteiger partial charge is 0.243 e. The van der Waals surface area contributed by atoms with Gasteiger partial charge in [-0.3, -0.25) is 4.90 Å². The number of aromatic nitrogens is 4. The molecule has 0 N–H and O–H groups in total. The Balaban J connectivity index is 1.42. The number of nitrogens with zero attached hydrogens (tertiary/aromatic N) is 6. The Kier molecular flexibility index (Phi) is 5.40. The molecular weight excluding hydrogens is 400 g/mol. The van der Waals surface area contributed by atoms with E-state index in [9.17, 15) is 8.42 Å². The molecule has 1 aliphatic rings. The highest BCUT2D eigenvalue weighted by atomic mass is 35.5. The quantitative estimate of drug-likeness (QED) is 0.628. The molecule has 1 aliphatic heterocycles. The summed E-state index contributed by atoms with van der Waals surface area (Å²) in [5.74, 6) is 0.696. The van der Waals surface area contributed by atoms with Crippen LogP contribution in [0.4, 0.5) is 0 Å². The van der Waals surface area contributed by atoms with Crippen molar-refractivity contribution in [3.63, 3.8) is 0 Å². The molecule has 0 unspecified atom stereocenters. The van der Waals surface area contributed by atoms with Crippen LogP contribution in [0.25, 0.3) is 5.69 Å². The average molecular weight is 419 g/mol. The summed E-state index contributed by atoms with van der Waals surface area (Å²) < 4.78 is 28.7. The summed E-state index contributed by atoms with van der Waals surface area (Å²) in [6.07, 6.45) is 0. The first kappa shape index (κ1) is 19.0. The van der Waals surface area contributed by atoms with E-state index in [-0.39, 0.29) is 0 Å². The Hall–Kier alpha value is -2.33. The summed E-state index contributed by atoms with van der Waals surface area (Å²) in [4.78, 5) is 2.48. The molecule has 1 saturated heterocycles. The molecule has 4 rings (SSSR count). The highest BCUT2D eigenvalue weighted by Crippen LogP contribution is 2.19. The molecule has 0 radical (unpaired) electrons. The molecule has 3 aromatic rings. The molecule has 0 bridgehead atoms. The summed E-state index contributed by atoms with van der Waals surface area (Å²) in [6, 6.07) is 15.8. The molecule has 1 fully saturated rings. The Bertz CT molecular complexity index is 1030. The minimum atomic E-state index is -3.45. The van der Waals surface area contributed by atoms with Crippen LogP contribution in [0, 0.1) is 0 Å². The van der Waals surface area contributed by atoms with Crippen LogP contribution in [0.5, 0.6) is 0 Å². The van der Waals surface area contributed by atoms with E-state index in [1.807, 2.05) is 18.2 Å². The molecule has 1 aromatic heterocycles. The number of hydrogen-bond acceptors (Lipinski definition) is 6. The fourth-order valence-corrected chi connectivity index (χ4v) is 4.73. The summed E-state index contributed by atoms with van der Waals surface area (Å²) in [5.41, 5.74) is 0.828. The topological polar surface area (TPSA) is 84.2 Å². The molecule has 10 heteroatoms. The number of hydrogen-bond donors (Lipinski definition) is 0. The fourth-order valence-electron chi connectivity index (χ4n) is 3.16. The summed E-state index contributed by atoms with van der Waals surface area (Å²) in [6.45, 7) is 2.62. The van der Waals surface area contributed by atoms with Gasteiger partial charge in [-0.1, -0.05) is 29.8 Å². The van der Waals surface area contributed by atoms with Crippen LogP contribution in [-0.4, -0.2) is 64.0 Å². The zero-order chi connectivity index (χ0) is 19.6. The van der Waals surface area contributed by atoms with Gasteiger partial charge >= 0.3 is 0 Å². The molecule has 2 aromatic carbocycles. The van der Waals surface area contributed by atoms with Gasteiger partial charge in [0.2, 0.25) is 10.0 Å². The van der Waals surface area contributed by atoms with Crippen molar-refractivity contribution in [2.45, 2.75) is 11.4 Å². The predicted molar refractivity (Wildman–Crippen MR) is 105 cm³/mol. The van der Waals surface area contributed by atoms with E-state index >= 15 is 0 Å². The average Bonchev–Trinajstić information content (AvgIpc) is 3.18. The molecule has 0 atom stereocenters. The van der Waals surface area contributed by atoms with Crippen molar-refractivity contribution in [1.29, 1.82) is 0 Å². The molecule has 28 heavy (non-hydrogen) atoms. The van der Waals surface area contributed by atoms with E-state index < -0.39 is 10.0 Å². The molecule has 8 nitrogen and oxygen atoms in total. The van der Waals surface area contributed by atoms with E-state index in [0.29, 0.717) is 48.5 Å². The van der Waals surface area contributed by atoms with E-state index in [4.69, 9.17) is 11.6 Å². The van der Waals surface area contributed by atoms with Gasteiger partial charge in [0.1, 0.15) is 0 Å². The Morgan fingerprint density at radius 3 is 2.29 bits per heavy atom. The van der Waals surface area contributed by atoms with Crippen molar-refractivity contribution in [1.82, 2.24) is 29.4 Å². The second-order valence-electron chi connectivity index (χ2n) is 6.48. The lowest BCUT2D eigenvalue weighted by Gasteiger charge is -2.33. The van der Waals surface area contributed by atoms with Crippen molar-refractivity contribution in [3.8, 4) is 5.69 Å². The maximum Gasteiger partial charge on any atom is 0.243 e. The first-order valence-electron chi connectivity index (χ1n) is 8.85. The molecule has 0 spiro atoms. The zero-order valence-corrected chi connectivity index (χ0v) is 16.6. The van der Waals surface area contributed by atoms with Gasteiger partial charge in [0, 0.05) is 31.2 Å². The van der Waals surface area contributed by atoms with E-state index in [0.717, 1.165) is 5.69 Å². The van der Waals surface area contributed by atoms with E-state index in [2.05, 4.69) is 20.4 Å². The predicted octanol–water partition coefficient (Wildman–Crippen LogP) is 1.82. The minimum Gasteiger partial charge on any atom is -0.293 e. The van der Waals surface area contributed by atoms with Gasteiger partial charge in [0.25, 0.3) is 0 Å². The SMILES string of the molecule is O=S(=O)(c1ccccc1)N1CCN(Cc2nnnn2-c2ccc(Cl)cc2)CC1. The zero-order valence-electron chi connectivity index (χ0n) is 15.0. The standard InChI is InChI=1S/C18H19ClN6O2S/c19-15-6-8-16(9-7-15)25-18(20-21-22-25)14-23-10-12-24(13-11-23)28(26,27)17-4-2-1-3-5-17/h1-9H,10-14H2. The largest absolute Gasteiger partial charge is 0.293 e. The minimum absolute atomic E-state index is 0.329. The number of piperazine rings is 1. The summed E-state index contributed by atoms with van der Waals surface area (Å²) in [5, 5.41) is 12.6. The molecule has 0 aliphatic carbocycles. The Labute approximate surface area is 168 Å². The maximum atomic E-state index is 12.7. The lowest BCUT2D eigenvalue weighted by molar-refractivity contribution is 0.177. The van der Waals surface area contributed by atoms with Gasteiger partial charge < -0.3 is 0 Å². The second kappa shape index (κ2) is 7.96. The lowest BCUT2D eigenvalue weighted by Crippen LogP contribution is -2.48. The second-order valence-corrected chi connectivity index (χ2v) is 8.85. The molecule has 0 amide bonds. The lowest BCUT2D eigenvalue weighted by atomic mass is 10.3. The van der Waals surface area contributed by atoms with Gasteiger partial charge in [-0.25, -0.2) is 8.42 Å². The maximum absolute atomic E-state index is 12.7. The van der Waals surface area contributed by atoms with Crippen molar-refractivity contribution >= 4 is 21.6 Å². The number of benzene rings is 2. The first-order valence-corrected chi connectivity index (χ1v) is 10.7. The van der Waals surface area contributed by atoms with Crippen molar-refractivity contribution in [2.24, 2.45) is 0 Å². The van der Waals surface area contributed by atoms with Gasteiger partial charge in [-0.15, -0.1) is 5.10 Å². The van der Waals surface area contributed by atoms with Gasteiger partial charge in [-0.2, -0.15) is 8.99 Å². The van der Waals surface area contributed by atoms with Crippen molar-refractivity contribution < 1.29 is 8.42 Å². The fraction of sp³-hybridized carbons (Fsp3) is 0.278. The molecule has 146 valence electrons. The molecular formula is C18H19ClN6O2S. The van der Waals surface area contributed by atoms with Crippen LogP contribution in [0.3, 0.4) is 0 Å². The van der Waals surface area contributed by atoms with Gasteiger partial charge in [-0.05, 0) is 46.8 Å². The van der Waals surface area contributed by atoms with Crippen LogP contribution in [0.15, 0.2) is 59.5 Å². The van der Waals surface area contributed by atoms with Crippen molar-refractivity contribution in [2.75, 3.05) is 26.2 Å². The molecule has 2 heterocycles. The summed E-state index contributed by atoms with van der Waals surface area (Å²) in [7, 11) is -3.45. The highest BCUT2D eigenvalue weighted by Gasteiger charge is 2.28. The van der Waals surface area contributed by atoms with Gasteiger partial charge in [0.15, 0.2) is 5.82 Å². The first-order chi connectivity index (χ1) is 13.5. The number of tetrazole rings is 1. The monoisotopic (exact) mass is 418 g/mol. The van der Waals surface area contributed by atoms with Crippen LogP contribution in [0.1, 0.15) is 5.82 Å². The van der Waals surface area contributed by atoms with E-state index in [1.165, 1.54) is 4.31 Å². The Morgan fingerprint density at radius 2 is 1.61 bits per heavy atom. The third-order valence-corrected chi connectivity index (χ3v) is 6.85. The van der Waals surface area contributed by atoms with Crippen LogP contribution in [0.2, 0.25) is 5.02 Å². The Morgan fingerprint density at radius 1 is 0.929 bits per heavy atom.